The highest BCUT2D eigenvalue weighted by molar-refractivity contribution is 5.98. The SMILES string of the molecule is CC(C)(C)C(=O)Nc1ccc2c(cnn2C(=O)C(C)(C)C)c1. The number of anilines is 1. The standard InChI is InChI=1S/C17H23N3O2/c1-16(2,3)14(21)19-12-7-8-13-11(9-12)10-18-20(13)15(22)17(4,5)6/h7-10H,1-6H3,(H,19,21). The third kappa shape index (κ3) is 3.18. The molecule has 2 aromatic rings. The molecule has 118 valence electrons. The van der Waals surface area contributed by atoms with Gasteiger partial charge in [-0.05, 0) is 18.2 Å². The molecule has 0 spiro atoms. The van der Waals surface area contributed by atoms with Gasteiger partial charge in [0, 0.05) is 21.9 Å². The van der Waals surface area contributed by atoms with E-state index >= 15 is 0 Å². The van der Waals surface area contributed by atoms with Gasteiger partial charge in [-0.2, -0.15) is 9.78 Å². The highest BCUT2D eigenvalue weighted by Crippen LogP contribution is 2.24. The molecule has 0 aliphatic rings. The van der Waals surface area contributed by atoms with E-state index in [1.54, 1.807) is 12.3 Å². The van der Waals surface area contributed by atoms with E-state index in [0.29, 0.717) is 5.69 Å². The highest BCUT2D eigenvalue weighted by Gasteiger charge is 2.25. The van der Waals surface area contributed by atoms with E-state index in [1.165, 1.54) is 4.68 Å². The van der Waals surface area contributed by atoms with E-state index in [4.69, 9.17) is 0 Å². The maximum absolute atomic E-state index is 12.4. The predicted molar refractivity (Wildman–Crippen MR) is 87.9 cm³/mol. The molecule has 1 N–H and O–H groups in total. The van der Waals surface area contributed by atoms with Gasteiger partial charge in [-0.25, -0.2) is 0 Å². The number of benzene rings is 1. The fraction of sp³-hybridized carbons (Fsp3) is 0.471. The average molecular weight is 301 g/mol. The second kappa shape index (κ2) is 5.23. The van der Waals surface area contributed by atoms with Crippen LogP contribution in [-0.2, 0) is 4.79 Å². The Kier molecular flexibility index (Phi) is 3.85. The number of aromatic nitrogens is 2. The van der Waals surface area contributed by atoms with Crippen molar-refractivity contribution in [3.05, 3.63) is 24.4 Å². The van der Waals surface area contributed by atoms with Gasteiger partial charge in [0.2, 0.25) is 5.91 Å². The second-order valence-electron chi connectivity index (χ2n) is 7.59. The van der Waals surface area contributed by atoms with Gasteiger partial charge < -0.3 is 5.32 Å². The summed E-state index contributed by atoms with van der Waals surface area (Å²) in [7, 11) is 0. The number of hydrogen-bond donors (Lipinski definition) is 1. The van der Waals surface area contributed by atoms with Gasteiger partial charge in [0.15, 0.2) is 0 Å². The first-order valence-corrected chi connectivity index (χ1v) is 7.34. The molecule has 0 saturated carbocycles. The summed E-state index contributed by atoms with van der Waals surface area (Å²) in [6.45, 7) is 11.2. The van der Waals surface area contributed by atoms with E-state index in [2.05, 4.69) is 10.4 Å². The molecule has 0 aliphatic carbocycles. The molecular formula is C17H23N3O2. The summed E-state index contributed by atoms with van der Waals surface area (Å²) in [5.74, 6) is -0.112. The molecule has 22 heavy (non-hydrogen) atoms. The Hall–Kier alpha value is -2.17. The van der Waals surface area contributed by atoms with Gasteiger partial charge in [0.1, 0.15) is 0 Å². The minimum Gasteiger partial charge on any atom is -0.326 e. The van der Waals surface area contributed by atoms with Crippen molar-refractivity contribution in [2.45, 2.75) is 41.5 Å². The highest BCUT2D eigenvalue weighted by atomic mass is 16.2. The fourth-order valence-electron chi connectivity index (χ4n) is 1.91. The average Bonchev–Trinajstić information content (AvgIpc) is 2.78. The van der Waals surface area contributed by atoms with Gasteiger partial charge in [0.05, 0.1) is 11.7 Å². The zero-order chi connectivity index (χ0) is 16.7. The monoisotopic (exact) mass is 301 g/mol. The lowest BCUT2D eigenvalue weighted by Gasteiger charge is -2.18. The van der Waals surface area contributed by atoms with Crippen LogP contribution in [0, 0.1) is 10.8 Å². The molecule has 0 atom stereocenters. The topological polar surface area (TPSA) is 64.0 Å². The van der Waals surface area contributed by atoms with E-state index in [-0.39, 0.29) is 11.8 Å². The van der Waals surface area contributed by atoms with Gasteiger partial charge in [0.25, 0.3) is 5.91 Å². The van der Waals surface area contributed by atoms with E-state index < -0.39 is 10.8 Å². The van der Waals surface area contributed by atoms with Crippen LogP contribution in [-0.4, -0.2) is 21.6 Å². The van der Waals surface area contributed by atoms with Crippen LogP contribution in [0.5, 0.6) is 0 Å². The van der Waals surface area contributed by atoms with E-state index in [0.717, 1.165) is 10.9 Å². The van der Waals surface area contributed by atoms with Crippen molar-refractivity contribution in [3.8, 4) is 0 Å². The zero-order valence-electron chi connectivity index (χ0n) is 14.0. The zero-order valence-corrected chi connectivity index (χ0v) is 14.0. The molecule has 5 heteroatoms. The first-order chi connectivity index (χ1) is 10.00. The van der Waals surface area contributed by atoms with Crippen LogP contribution in [0.15, 0.2) is 24.4 Å². The number of rotatable bonds is 1. The summed E-state index contributed by atoms with van der Waals surface area (Å²) in [5.41, 5.74) is 0.489. The minimum atomic E-state index is -0.502. The van der Waals surface area contributed by atoms with E-state index in [1.807, 2.05) is 53.7 Å². The first kappa shape index (κ1) is 16.2. The molecular weight excluding hydrogens is 278 g/mol. The normalized spacial score (nSPS) is 12.5. The molecule has 0 unspecified atom stereocenters. The molecule has 0 aliphatic heterocycles. The third-order valence-electron chi connectivity index (χ3n) is 3.34. The lowest BCUT2D eigenvalue weighted by atomic mass is 9.95. The van der Waals surface area contributed by atoms with Crippen molar-refractivity contribution in [2.75, 3.05) is 5.32 Å². The minimum absolute atomic E-state index is 0.0509. The Morgan fingerprint density at radius 1 is 1.05 bits per heavy atom. The number of nitrogens with one attached hydrogen (secondary N) is 1. The Bertz CT molecular complexity index is 730. The predicted octanol–water partition coefficient (Wildman–Crippen LogP) is 3.71. The van der Waals surface area contributed by atoms with Crippen LogP contribution in [0.3, 0.4) is 0 Å². The summed E-state index contributed by atoms with van der Waals surface area (Å²) in [6.07, 6.45) is 1.64. The van der Waals surface area contributed by atoms with Crippen molar-refractivity contribution in [1.82, 2.24) is 9.78 Å². The number of nitrogens with zero attached hydrogens (tertiary/aromatic N) is 2. The number of fused-ring (bicyclic) bond motifs is 1. The summed E-state index contributed by atoms with van der Waals surface area (Å²) in [6, 6.07) is 5.43. The van der Waals surface area contributed by atoms with Crippen LogP contribution < -0.4 is 5.32 Å². The Morgan fingerprint density at radius 2 is 1.68 bits per heavy atom. The maximum Gasteiger partial charge on any atom is 0.252 e. The Labute approximate surface area is 130 Å². The smallest absolute Gasteiger partial charge is 0.252 e. The van der Waals surface area contributed by atoms with Crippen molar-refractivity contribution in [1.29, 1.82) is 0 Å². The van der Waals surface area contributed by atoms with Crippen LogP contribution >= 0.6 is 0 Å². The number of carbonyl (C=O) groups is 2. The van der Waals surface area contributed by atoms with Crippen molar-refractivity contribution >= 4 is 28.4 Å². The fourth-order valence-corrected chi connectivity index (χ4v) is 1.91. The quantitative estimate of drug-likeness (QED) is 0.873. The molecule has 1 amide bonds. The largest absolute Gasteiger partial charge is 0.326 e. The second-order valence-corrected chi connectivity index (χ2v) is 7.59. The van der Waals surface area contributed by atoms with Crippen LogP contribution in [0.1, 0.15) is 46.3 Å². The summed E-state index contributed by atoms with van der Waals surface area (Å²) < 4.78 is 1.42. The number of carbonyl (C=O) groups excluding carboxylic acids is 2. The molecule has 5 nitrogen and oxygen atoms in total. The Morgan fingerprint density at radius 3 is 2.23 bits per heavy atom. The van der Waals surface area contributed by atoms with Gasteiger partial charge >= 0.3 is 0 Å². The van der Waals surface area contributed by atoms with Crippen LogP contribution in [0.4, 0.5) is 5.69 Å². The molecule has 1 aromatic carbocycles. The summed E-state index contributed by atoms with van der Waals surface area (Å²) in [5, 5.41) is 7.89. The summed E-state index contributed by atoms with van der Waals surface area (Å²) in [4.78, 5) is 24.4. The number of hydrogen-bond acceptors (Lipinski definition) is 3. The van der Waals surface area contributed by atoms with Crippen molar-refractivity contribution < 1.29 is 9.59 Å². The lowest BCUT2D eigenvalue weighted by Crippen LogP contribution is -2.28. The van der Waals surface area contributed by atoms with Gasteiger partial charge in [-0.3, -0.25) is 9.59 Å². The summed E-state index contributed by atoms with van der Waals surface area (Å²) >= 11 is 0. The Balaban J connectivity index is 2.35. The molecule has 0 fully saturated rings. The molecule has 2 rings (SSSR count). The molecule has 1 heterocycles. The van der Waals surface area contributed by atoms with Crippen molar-refractivity contribution in [3.63, 3.8) is 0 Å². The molecule has 0 radical (unpaired) electrons. The first-order valence-electron chi connectivity index (χ1n) is 7.34. The molecule has 0 bridgehead atoms. The van der Waals surface area contributed by atoms with Crippen LogP contribution in [0.25, 0.3) is 10.9 Å². The molecule has 1 aromatic heterocycles. The van der Waals surface area contributed by atoms with Crippen LogP contribution in [0.2, 0.25) is 0 Å². The number of amides is 1. The van der Waals surface area contributed by atoms with Gasteiger partial charge in [-0.1, -0.05) is 41.5 Å². The molecule has 0 saturated heterocycles. The lowest BCUT2D eigenvalue weighted by molar-refractivity contribution is -0.123. The van der Waals surface area contributed by atoms with Gasteiger partial charge in [-0.15, -0.1) is 0 Å². The van der Waals surface area contributed by atoms with Crippen molar-refractivity contribution in [2.24, 2.45) is 10.8 Å². The maximum atomic E-state index is 12.4. The van der Waals surface area contributed by atoms with E-state index in [9.17, 15) is 9.59 Å². The third-order valence-corrected chi connectivity index (χ3v) is 3.34.